The van der Waals surface area contributed by atoms with Crippen molar-refractivity contribution in [1.29, 1.82) is 0 Å². The molecule has 2 heterocycles. The highest BCUT2D eigenvalue weighted by Gasteiger charge is 2.22. The predicted molar refractivity (Wildman–Crippen MR) is 94.8 cm³/mol. The fourth-order valence-corrected chi connectivity index (χ4v) is 3.58. The number of carbonyl (C=O) groups excluding carboxylic acids is 1. The zero-order chi connectivity index (χ0) is 18.5. The summed E-state index contributed by atoms with van der Waals surface area (Å²) in [6, 6.07) is 7.52. The number of nitrogens with one attached hydrogen (secondary N) is 1. The Hall–Kier alpha value is -2.21. The molecule has 1 fully saturated rings. The number of hydrogen-bond acceptors (Lipinski definition) is 3. The van der Waals surface area contributed by atoms with Crippen molar-refractivity contribution in [2.24, 2.45) is 5.92 Å². The monoisotopic (exact) mass is 362 g/mol. The average molecular weight is 362 g/mol. The van der Waals surface area contributed by atoms with Gasteiger partial charge in [0.2, 0.25) is 0 Å². The second-order valence-electron chi connectivity index (χ2n) is 6.83. The number of amides is 1. The van der Waals surface area contributed by atoms with Crippen LogP contribution < -0.4 is 5.32 Å². The minimum absolute atomic E-state index is 0.186. The molecule has 140 valence electrons. The van der Waals surface area contributed by atoms with Crippen LogP contribution in [0.3, 0.4) is 0 Å². The maximum atomic E-state index is 13.8. The van der Waals surface area contributed by atoms with Crippen molar-refractivity contribution in [3.63, 3.8) is 0 Å². The lowest BCUT2D eigenvalue weighted by Gasteiger charge is -2.32. The molecule has 1 aliphatic rings. The van der Waals surface area contributed by atoms with Gasteiger partial charge in [-0.05, 0) is 62.4 Å². The maximum absolute atomic E-state index is 13.8. The van der Waals surface area contributed by atoms with Gasteiger partial charge in [-0.3, -0.25) is 9.69 Å². The molecule has 0 saturated carbocycles. The molecule has 1 amide bonds. The van der Waals surface area contributed by atoms with Crippen molar-refractivity contribution in [3.05, 3.63) is 59.1 Å². The summed E-state index contributed by atoms with van der Waals surface area (Å²) in [4.78, 5) is 13.8. The number of nitrogens with zero attached hydrogens (tertiary/aromatic N) is 1. The largest absolute Gasteiger partial charge is 0.455 e. The fourth-order valence-electron chi connectivity index (χ4n) is 3.58. The minimum atomic E-state index is -0.463. The highest BCUT2D eigenvalue weighted by Crippen LogP contribution is 2.25. The van der Waals surface area contributed by atoms with Gasteiger partial charge in [0.05, 0.1) is 6.54 Å². The topological polar surface area (TPSA) is 45.5 Å². The highest BCUT2D eigenvalue weighted by molar-refractivity contribution is 5.91. The third-order valence-corrected chi connectivity index (χ3v) is 4.96. The normalized spacial score (nSPS) is 18.0. The van der Waals surface area contributed by atoms with Crippen molar-refractivity contribution < 1.29 is 18.0 Å². The first-order valence-corrected chi connectivity index (χ1v) is 9.03. The molecule has 2 aromatic rings. The predicted octanol–water partition coefficient (Wildman–Crippen LogP) is 3.76. The third kappa shape index (κ3) is 4.49. The van der Waals surface area contributed by atoms with Crippen LogP contribution in [0.5, 0.6) is 0 Å². The molecule has 0 aliphatic carbocycles. The molecular weight excluding hydrogens is 338 g/mol. The minimum Gasteiger partial charge on any atom is -0.455 e. The van der Waals surface area contributed by atoms with Crippen LogP contribution >= 0.6 is 0 Å². The molecule has 4 nitrogen and oxygen atoms in total. The molecule has 6 heteroatoms. The summed E-state index contributed by atoms with van der Waals surface area (Å²) in [6.07, 6.45) is 3.29. The number of rotatable bonds is 6. The molecule has 0 unspecified atom stereocenters. The van der Waals surface area contributed by atoms with Crippen molar-refractivity contribution in [3.8, 4) is 0 Å². The molecule has 0 radical (unpaired) electrons. The van der Waals surface area contributed by atoms with E-state index in [1.54, 1.807) is 13.1 Å². The first-order chi connectivity index (χ1) is 12.6. The smallest absolute Gasteiger partial charge is 0.286 e. The molecule has 1 atom stereocenters. The number of halogens is 2. The van der Waals surface area contributed by atoms with Gasteiger partial charge in [0.25, 0.3) is 5.91 Å². The Morgan fingerprint density at radius 3 is 2.77 bits per heavy atom. The molecule has 1 aromatic heterocycles. The van der Waals surface area contributed by atoms with E-state index in [1.165, 1.54) is 18.2 Å². The van der Waals surface area contributed by atoms with Gasteiger partial charge in [0.1, 0.15) is 17.4 Å². The summed E-state index contributed by atoms with van der Waals surface area (Å²) < 4.78 is 33.1. The lowest BCUT2D eigenvalue weighted by molar-refractivity contribution is 0.0929. The van der Waals surface area contributed by atoms with Gasteiger partial charge < -0.3 is 9.73 Å². The van der Waals surface area contributed by atoms with Crippen LogP contribution in [0.25, 0.3) is 0 Å². The third-order valence-electron chi connectivity index (χ3n) is 4.96. The standard InChI is InChI=1S/C20H24F2N2O2/c1-23-20(25)19-10-8-15(26-19)13-24-11-3-4-14(12-24)7-9-16-17(21)5-2-6-18(16)22/h2,5-6,8,10,14H,3-4,7,9,11-13H2,1H3,(H,23,25)/t14-/m1/s1. The Labute approximate surface area is 152 Å². The fraction of sp³-hybridized carbons (Fsp3) is 0.450. The molecule has 0 spiro atoms. The van der Waals surface area contributed by atoms with Gasteiger partial charge in [-0.15, -0.1) is 0 Å². The van der Waals surface area contributed by atoms with E-state index in [0.717, 1.165) is 38.1 Å². The molecule has 26 heavy (non-hydrogen) atoms. The van der Waals surface area contributed by atoms with Crippen LogP contribution in [0.1, 0.15) is 41.1 Å². The second-order valence-corrected chi connectivity index (χ2v) is 6.83. The number of piperidine rings is 1. The highest BCUT2D eigenvalue weighted by atomic mass is 19.1. The molecule has 1 aromatic carbocycles. The summed E-state index contributed by atoms with van der Waals surface area (Å²) in [5.74, 6) is 0.302. The lowest BCUT2D eigenvalue weighted by atomic mass is 9.91. The van der Waals surface area contributed by atoms with Crippen LogP contribution in [0, 0.1) is 17.6 Å². The van der Waals surface area contributed by atoms with E-state index in [0.29, 0.717) is 24.6 Å². The van der Waals surface area contributed by atoms with E-state index >= 15 is 0 Å². The Bertz CT molecular complexity index is 740. The van der Waals surface area contributed by atoms with E-state index in [2.05, 4.69) is 10.2 Å². The summed E-state index contributed by atoms with van der Waals surface area (Å²) >= 11 is 0. The first kappa shape index (κ1) is 18.6. The zero-order valence-electron chi connectivity index (χ0n) is 14.9. The van der Waals surface area contributed by atoms with Crippen molar-refractivity contribution in [1.82, 2.24) is 10.2 Å². The van der Waals surface area contributed by atoms with Gasteiger partial charge in [-0.1, -0.05) is 6.07 Å². The molecule has 1 aliphatic heterocycles. The van der Waals surface area contributed by atoms with Gasteiger partial charge >= 0.3 is 0 Å². The van der Waals surface area contributed by atoms with Gasteiger partial charge in [0.15, 0.2) is 5.76 Å². The first-order valence-electron chi connectivity index (χ1n) is 9.03. The van der Waals surface area contributed by atoms with E-state index in [1.807, 2.05) is 6.07 Å². The Kier molecular flexibility index (Phi) is 6.04. The Morgan fingerprint density at radius 2 is 2.04 bits per heavy atom. The van der Waals surface area contributed by atoms with E-state index < -0.39 is 11.6 Å². The second kappa shape index (κ2) is 8.45. The van der Waals surface area contributed by atoms with Crippen LogP contribution in [0.4, 0.5) is 8.78 Å². The molecule has 0 bridgehead atoms. The molecular formula is C20H24F2N2O2. The van der Waals surface area contributed by atoms with E-state index in [4.69, 9.17) is 4.42 Å². The number of furan rings is 1. The van der Waals surface area contributed by atoms with Crippen LogP contribution in [-0.4, -0.2) is 30.9 Å². The molecule has 1 saturated heterocycles. The quantitative estimate of drug-likeness (QED) is 0.851. The van der Waals surface area contributed by atoms with Crippen molar-refractivity contribution in [2.45, 2.75) is 32.2 Å². The maximum Gasteiger partial charge on any atom is 0.286 e. The molecule has 3 rings (SSSR count). The summed E-state index contributed by atoms with van der Waals surface area (Å²) in [7, 11) is 1.57. The van der Waals surface area contributed by atoms with E-state index in [-0.39, 0.29) is 11.5 Å². The van der Waals surface area contributed by atoms with Gasteiger partial charge in [-0.25, -0.2) is 8.78 Å². The van der Waals surface area contributed by atoms with Crippen LogP contribution in [-0.2, 0) is 13.0 Å². The Morgan fingerprint density at radius 1 is 1.27 bits per heavy atom. The van der Waals surface area contributed by atoms with Gasteiger partial charge in [0, 0.05) is 19.2 Å². The Balaban J connectivity index is 1.54. The lowest BCUT2D eigenvalue weighted by Crippen LogP contribution is -2.35. The van der Waals surface area contributed by atoms with Crippen molar-refractivity contribution >= 4 is 5.91 Å². The summed E-state index contributed by atoms with van der Waals surface area (Å²) in [6.45, 7) is 2.47. The van der Waals surface area contributed by atoms with Crippen LogP contribution in [0.15, 0.2) is 34.7 Å². The van der Waals surface area contributed by atoms with Crippen molar-refractivity contribution in [2.75, 3.05) is 20.1 Å². The number of benzene rings is 1. The van der Waals surface area contributed by atoms with Gasteiger partial charge in [-0.2, -0.15) is 0 Å². The zero-order valence-corrected chi connectivity index (χ0v) is 14.9. The number of carbonyl (C=O) groups is 1. The molecule has 1 N–H and O–H groups in total. The summed E-state index contributed by atoms with van der Waals surface area (Å²) in [5.41, 5.74) is 0.186. The number of hydrogen-bond donors (Lipinski definition) is 1. The van der Waals surface area contributed by atoms with E-state index in [9.17, 15) is 13.6 Å². The average Bonchev–Trinajstić information content (AvgIpc) is 3.09. The summed E-state index contributed by atoms with van der Waals surface area (Å²) in [5, 5.41) is 2.54. The SMILES string of the molecule is CNC(=O)c1ccc(CN2CCC[C@H](CCc3c(F)cccc3F)C2)o1. The van der Waals surface area contributed by atoms with Crippen LogP contribution in [0.2, 0.25) is 0 Å². The number of likely N-dealkylation sites (tertiary alicyclic amines) is 1.